The maximum Gasteiger partial charge on any atom is 0.339 e. The first-order valence-corrected chi connectivity index (χ1v) is 8.91. The number of thiocarbonyl (C=S) groups is 1. The molecule has 0 fully saturated rings. The van der Waals surface area contributed by atoms with Crippen LogP contribution in [0, 0.1) is 6.92 Å². The summed E-state index contributed by atoms with van der Waals surface area (Å²) in [6, 6.07) is 11.0. The maximum absolute atomic E-state index is 12.4. The standard InChI is InChI=1S/C16H17N3O4S2/c1-11-3-6-13(7-4-11)25(20,21)23-14-8-5-12(9-15(14)22-2)10-18-19-16(17)24/h3-10H,1-2H3,(H3,17,19,24)/b18-10-. The zero-order valence-corrected chi connectivity index (χ0v) is 15.2. The molecule has 0 bridgehead atoms. The van der Waals surface area contributed by atoms with Crippen LogP contribution in [-0.4, -0.2) is 26.9 Å². The molecule has 2 rings (SSSR count). The van der Waals surface area contributed by atoms with Gasteiger partial charge in [0.25, 0.3) is 0 Å². The van der Waals surface area contributed by atoms with Crippen LogP contribution in [0.5, 0.6) is 11.5 Å². The molecule has 0 unspecified atom stereocenters. The van der Waals surface area contributed by atoms with Gasteiger partial charge in [-0.1, -0.05) is 17.7 Å². The van der Waals surface area contributed by atoms with E-state index in [4.69, 9.17) is 14.7 Å². The van der Waals surface area contributed by atoms with Crippen molar-refractivity contribution >= 4 is 33.7 Å². The Bertz CT molecular complexity index is 894. The van der Waals surface area contributed by atoms with E-state index in [2.05, 4.69) is 22.7 Å². The fraction of sp³-hybridized carbons (Fsp3) is 0.125. The average molecular weight is 379 g/mol. The van der Waals surface area contributed by atoms with Crippen LogP contribution in [0.4, 0.5) is 0 Å². The van der Waals surface area contributed by atoms with Crippen molar-refractivity contribution in [1.82, 2.24) is 5.43 Å². The molecular formula is C16H17N3O4S2. The lowest BCUT2D eigenvalue weighted by molar-refractivity contribution is 0.390. The second kappa shape index (κ2) is 7.95. The Labute approximate surface area is 151 Å². The summed E-state index contributed by atoms with van der Waals surface area (Å²) in [7, 11) is -2.55. The molecule has 0 radical (unpaired) electrons. The van der Waals surface area contributed by atoms with Crippen LogP contribution in [0.2, 0.25) is 0 Å². The summed E-state index contributed by atoms with van der Waals surface area (Å²) in [5.41, 5.74) is 9.28. The van der Waals surface area contributed by atoms with E-state index >= 15 is 0 Å². The zero-order valence-electron chi connectivity index (χ0n) is 13.6. The molecule has 0 aromatic heterocycles. The monoisotopic (exact) mass is 379 g/mol. The van der Waals surface area contributed by atoms with Crippen LogP contribution in [0.1, 0.15) is 11.1 Å². The smallest absolute Gasteiger partial charge is 0.339 e. The van der Waals surface area contributed by atoms with E-state index < -0.39 is 10.1 Å². The molecular weight excluding hydrogens is 362 g/mol. The fourth-order valence-electron chi connectivity index (χ4n) is 1.87. The first-order chi connectivity index (χ1) is 11.8. The maximum atomic E-state index is 12.4. The van der Waals surface area contributed by atoms with Crippen molar-refractivity contribution in [3.05, 3.63) is 53.6 Å². The van der Waals surface area contributed by atoms with Gasteiger partial charge < -0.3 is 14.7 Å². The van der Waals surface area contributed by atoms with Crippen LogP contribution >= 0.6 is 12.2 Å². The third-order valence-corrected chi connectivity index (χ3v) is 4.42. The molecule has 2 aromatic rings. The fourth-order valence-corrected chi connectivity index (χ4v) is 2.87. The summed E-state index contributed by atoms with van der Waals surface area (Å²) in [6.07, 6.45) is 1.46. The van der Waals surface area contributed by atoms with Gasteiger partial charge in [0.05, 0.1) is 13.3 Å². The van der Waals surface area contributed by atoms with Crippen molar-refractivity contribution in [1.29, 1.82) is 0 Å². The van der Waals surface area contributed by atoms with Crippen LogP contribution in [0.15, 0.2) is 52.5 Å². The summed E-state index contributed by atoms with van der Waals surface area (Å²) < 4.78 is 35.1. The number of rotatable bonds is 6. The van der Waals surface area contributed by atoms with E-state index in [0.29, 0.717) is 5.56 Å². The molecule has 0 saturated heterocycles. The first kappa shape index (κ1) is 18.7. The van der Waals surface area contributed by atoms with Crippen molar-refractivity contribution in [2.45, 2.75) is 11.8 Å². The number of nitrogens with one attached hydrogen (secondary N) is 1. The lowest BCUT2D eigenvalue weighted by Gasteiger charge is -2.11. The largest absolute Gasteiger partial charge is 0.493 e. The van der Waals surface area contributed by atoms with Crippen molar-refractivity contribution in [2.75, 3.05) is 7.11 Å². The van der Waals surface area contributed by atoms with Gasteiger partial charge in [-0.15, -0.1) is 0 Å². The van der Waals surface area contributed by atoms with Crippen LogP contribution in [0.25, 0.3) is 0 Å². The van der Waals surface area contributed by atoms with Gasteiger partial charge in [0.1, 0.15) is 4.90 Å². The number of hydrazone groups is 1. The number of ether oxygens (including phenoxy) is 1. The van der Waals surface area contributed by atoms with Crippen LogP contribution < -0.4 is 20.1 Å². The molecule has 132 valence electrons. The molecule has 25 heavy (non-hydrogen) atoms. The number of benzene rings is 2. The molecule has 0 aliphatic heterocycles. The highest BCUT2D eigenvalue weighted by Crippen LogP contribution is 2.30. The van der Waals surface area contributed by atoms with Crippen LogP contribution in [-0.2, 0) is 10.1 Å². The van der Waals surface area contributed by atoms with Gasteiger partial charge in [0.15, 0.2) is 16.6 Å². The molecule has 0 aliphatic rings. The van der Waals surface area contributed by atoms with Gasteiger partial charge >= 0.3 is 10.1 Å². The summed E-state index contributed by atoms with van der Waals surface area (Å²) in [6.45, 7) is 1.87. The van der Waals surface area contributed by atoms with E-state index in [0.717, 1.165) is 5.56 Å². The third kappa shape index (κ3) is 5.16. The highest BCUT2D eigenvalue weighted by molar-refractivity contribution is 7.87. The van der Waals surface area contributed by atoms with E-state index in [1.165, 1.54) is 31.5 Å². The van der Waals surface area contributed by atoms with E-state index in [9.17, 15) is 8.42 Å². The van der Waals surface area contributed by atoms with Crippen LogP contribution in [0.3, 0.4) is 0 Å². The predicted octanol–water partition coefficient (Wildman–Crippen LogP) is 1.94. The molecule has 0 atom stereocenters. The Morgan fingerprint density at radius 1 is 1.20 bits per heavy atom. The lowest BCUT2D eigenvalue weighted by atomic mass is 10.2. The Kier molecular flexibility index (Phi) is 5.94. The minimum atomic E-state index is -3.96. The van der Waals surface area contributed by atoms with E-state index in [-0.39, 0.29) is 21.5 Å². The number of hydrogen-bond acceptors (Lipinski definition) is 6. The molecule has 9 heteroatoms. The van der Waals surface area contributed by atoms with Crippen molar-refractivity contribution in [3.63, 3.8) is 0 Å². The Morgan fingerprint density at radius 3 is 2.48 bits per heavy atom. The zero-order chi connectivity index (χ0) is 18.4. The SMILES string of the molecule is COc1cc(/C=N\NC(N)=S)ccc1OS(=O)(=O)c1ccc(C)cc1. The minimum Gasteiger partial charge on any atom is -0.493 e. The normalized spacial score (nSPS) is 11.3. The van der Waals surface area contributed by atoms with Gasteiger partial charge in [-0.05, 0) is 55.0 Å². The minimum absolute atomic E-state index is 0.0346. The Balaban J connectivity index is 2.25. The Hall–Kier alpha value is -2.65. The molecule has 0 heterocycles. The molecule has 2 aromatic carbocycles. The predicted molar refractivity (Wildman–Crippen MR) is 99.5 cm³/mol. The summed E-state index contributed by atoms with van der Waals surface area (Å²) in [5.74, 6) is 0.317. The molecule has 7 nitrogen and oxygen atoms in total. The highest BCUT2D eigenvalue weighted by Gasteiger charge is 2.19. The second-order valence-corrected chi connectivity index (χ2v) is 6.98. The first-order valence-electron chi connectivity index (χ1n) is 7.09. The molecule has 3 N–H and O–H groups in total. The van der Waals surface area contributed by atoms with Crippen molar-refractivity contribution < 1.29 is 17.3 Å². The summed E-state index contributed by atoms with van der Waals surface area (Å²) in [4.78, 5) is 0.0615. The van der Waals surface area contributed by atoms with Gasteiger partial charge in [-0.2, -0.15) is 13.5 Å². The molecule has 0 saturated carbocycles. The number of aryl methyl sites for hydroxylation is 1. The van der Waals surface area contributed by atoms with Gasteiger partial charge in [0.2, 0.25) is 0 Å². The highest BCUT2D eigenvalue weighted by atomic mass is 32.2. The second-order valence-electron chi connectivity index (χ2n) is 5.00. The van der Waals surface area contributed by atoms with E-state index in [1.807, 2.05) is 6.92 Å². The quantitative estimate of drug-likeness (QED) is 0.342. The molecule has 0 spiro atoms. The van der Waals surface area contributed by atoms with Gasteiger partial charge in [-0.25, -0.2) is 0 Å². The molecule has 0 amide bonds. The summed E-state index contributed by atoms with van der Waals surface area (Å²) in [5, 5.41) is 3.86. The Morgan fingerprint density at radius 2 is 1.88 bits per heavy atom. The van der Waals surface area contributed by atoms with Gasteiger partial charge in [-0.3, -0.25) is 5.43 Å². The van der Waals surface area contributed by atoms with Crippen molar-refractivity contribution in [3.8, 4) is 11.5 Å². The number of methoxy groups -OCH3 is 1. The lowest BCUT2D eigenvalue weighted by Crippen LogP contribution is -2.23. The number of hydrogen-bond donors (Lipinski definition) is 2. The summed E-state index contributed by atoms with van der Waals surface area (Å²) >= 11 is 4.64. The average Bonchev–Trinajstić information content (AvgIpc) is 2.56. The number of nitrogens with zero attached hydrogens (tertiary/aromatic N) is 1. The van der Waals surface area contributed by atoms with Gasteiger partial charge in [0, 0.05) is 0 Å². The third-order valence-electron chi connectivity index (χ3n) is 3.09. The topological polar surface area (TPSA) is 103 Å². The molecule has 0 aliphatic carbocycles. The van der Waals surface area contributed by atoms with Crippen molar-refractivity contribution in [2.24, 2.45) is 10.8 Å². The number of nitrogens with two attached hydrogens (primary N) is 1. The van der Waals surface area contributed by atoms with E-state index in [1.54, 1.807) is 24.3 Å².